The zero-order valence-corrected chi connectivity index (χ0v) is 18.7. The van der Waals surface area contributed by atoms with Crippen LogP contribution in [0.2, 0.25) is 0 Å². The Morgan fingerprint density at radius 3 is 2.83 bits per heavy atom. The fraction of sp³-hybridized carbons (Fsp3) is 0.458. The fourth-order valence-corrected chi connectivity index (χ4v) is 4.14. The summed E-state index contributed by atoms with van der Waals surface area (Å²) >= 11 is 1.70. The molecule has 1 aliphatic rings. The first-order chi connectivity index (χ1) is 13.9. The molecule has 0 saturated heterocycles. The van der Waals surface area contributed by atoms with Crippen molar-refractivity contribution in [3.63, 3.8) is 0 Å². The van der Waals surface area contributed by atoms with Gasteiger partial charge in [0.05, 0.1) is 0 Å². The lowest BCUT2D eigenvalue weighted by Crippen LogP contribution is -2.28. The van der Waals surface area contributed by atoms with E-state index in [9.17, 15) is 9.18 Å². The maximum absolute atomic E-state index is 13.4. The van der Waals surface area contributed by atoms with E-state index in [0.717, 1.165) is 54.6 Å². The molecule has 1 aliphatic carbocycles. The second kappa shape index (κ2) is 12.0. The number of hydrogen-bond acceptors (Lipinski definition) is 3. The second-order valence-electron chi connectivity index (χ2n) is 7.57. The predicted molar refractivity (Wildman–Crippen MR) is 122 cm³/mol. The first-order valence-electron chi connectivity index (χ1n) is 10.4. The van der Waals surface area contributed by atoms with Crippen molar-refractivity contribution in [3.8, 4) is 0 Å². The van der Waals surface area contributed by atoms with Gasteiger partial charge in [-0.1, -0.05) is 54.8 Å². The lowest BCUT2D eigenvalue weighted by Gasteiger charge is -2.21. The second-order valence-corrected chi connectivity index (χ2v) is 8.51. The third-order valence-electron chi connectivity index (χ3n) is 5.23. The zero-order chi connectivity index (χ0) is 21.2. The maximum atomic E-state index is 13.4. The van der Waals surface area contributed by atoms with Crippen LogP contribution in [0.25, 0.3) is 0 Å². The summed E-state index contributed by atoms with van der Waals surface area (Å²) in [6, 6.07) is 5.43. The maximum Gasteiger partial charge on any atom is 0.257 e. The summed E-state index contributed by atoms with van der Waals surface area (Å²) in [7, 11) is 0. The van der Waals surface area contributed by atoms with Crippen molar-refractivity contribution in [1.82, 2.24) is 9.62 Å². The van der Waals surface area contributed by atoms with Crippen LogP contribution in [0.1, 0.15) is 63.1 Å². The van der Waals surface area contributed by atoms with Crippen molar-refractivity contribution in [1.29, 1.82) is 0 Å². The summed E-state index contributed by atoms with van der Waals surface area (Å²) in [5.41, 5.74) is 3.76. The SMILES string of the molecule is C=CN(CCCCCSN[C@@H](C)c1ccc(F)c(C)c1)C(=O)C1=C(C)CCC=C1. The predicted octanol–water partition coefficient (Wildman–Crippen LogP) is 6.24. The first kappa shape index (κ1) is 23.4. The van der Waals surface area contributed by atoms with Gasteiger partial charge >= 0.3 is 0 Å². The van der Waals surface area contributed by atoms with Crippen molar-refractivity contribution < 1.29 is 9.18 Å². The van der Waals surface area contributed by atoms with Crippen LogP contribution in [0.4, 0.5) is 4.39 Å². The molecule has 0 saturated carbocycles. The third kappa shape index (κ3) is 7.16. The van der Waals surface area contributed by atoms with Crippen molar-refractivity contribution in [3.05, 3.63) is 71.2 Å². The Morgan fingerprint density at radius 2 is 2.14 bits per heavy atom. The fourth-order valence-electron chi connectivity index (χ4n) is 3.28. The van der Waals surface area contributed by atoms with Crippen LogP contribution in [-0.4, -0.2) is 23.1 Å². The monoisotopic (exact) mass is 416 g/mol. The van der Waals surface area contributed by atoms with E-state index < -0.39 is 0 Å². The van der Waals surface area contributed by atoms with Crippen molar-refractivity contribution in [2.75, 3.05) is 12.3 Å². The summed E-state index contributed by atoms with van der Waals surface area (Å²) in [4.78, 5) is 14.4. The van der Waals surface area contributed by atoms with Gasteiger partial charge in [-0.25, -0.2) is 4.39 Å². The molecular formula is C24H33FN2OS. The molecule has 0 unspecified atom stereocenters. The molecule has 1 aromatic rings. The van der Waals surface area contributed by atoms with E-state index in [1.807, 2.05) is 25.1 Å². The summed E-state index contributed by atoms with van der Waals surface area (Å²) < 4.78 is 16.8. The number of unbranched alkanes of at least 4 members (excludes halogenated alkanes) is 2. The number of benzene rings is 1. The topological polar surface area (TPSA) is 32.3 Å². The first-order valence-corrected chi connectivity index (χ1v) is 11.4. The molecule has 158 valence electrons. The number of aryl methyl sites for hydroxylation is 1. The van der Waals surface area contributed by atoms with Gasteiger partial charge in [-0.05, 0) is 69.8 Å². The Bertz CT molecular complexity index is 772. The molecule has 1 amide bonds. The van der Waals surface area contributed by atoms with E-state index in [1.54, 1.807) is 30.0 Å². The van der Waals surface area contributed by atoms with E-state index in [1.165, 1.54) is 6.07 Å². The van der Waals surface area contributed by atoms with Crippen LogP contribution in [0.15, 0.2) is 54.3 Å². The Balaban J connectivity index is 1.64. The number of carbonyl (C=O) groups excluding carboxylic acids is 1. The molecule has 1 N–H and O–H groups in total. The Labute approximate surface area is 179 Å². The molecule has 0 bridgehead atoms. The minimum Gasteiger partial charge on any atom is -0.316 e. The zero-order valence-electron chi connectivity index (χ0n) is 17.8. The van der Waals surface area contributed by atoms with Crippen molar-refractivity contribution in [2.45, 2.75) is 58.9 Å². The average Bonchev–Trinajstić information content (AvgIpc) is 2.72. The van der Waals surface area contributed by atoms with Crippen LogP contribution < -0.4 is 4.72 Å². The number of nitrogens with zero attached hydrogens (tertiary/aromatic N) is 1. The number of hydrogen-bond donors (Lipinski definition) is 1. The standard InChI is InChI=1S/C24H33FN2OS/c1-5-27(24(28)22-12-8-7-11-18(22)2)15-9-6-10-16-29-26-20(4)21-13-14-23(25)19(3)17-21/h5,8,12-14,17,20,26H,1,6-7,9-11,15-16H2,2-4H3/t20-/m0/s1. The molecule has 2 rings (SSSR count). The molecule has 0 spiro atoms. The summed E-state index contributed by atoms with van der Waals surface area (Å²) in [5, 5.41) is 0. The van der Waals surface area contributed by atoms with Crippen LogP contribution in [0.3, 0.4) is 0 Å². The lowest BCUT2D eigenvalue weighted by atomic mass is 9.98. The van der Waals surface area contributed by atoms with E-state index in [2.05, 4.69) is 24.3 Å². The number of amides is 1. The van der Waals surface area contributed by atoms with Gasteiger partial charge in [0.2, 0.25) is 0 Å². The van der Waals surface area contributed by atoms with Gasteiger partial charge in [0.15, 0.2) is 0 Å². The molecule has 1 atom stereocenters. The minimum absolute atomic E-state index is 0.0629. The van der Waals surface area contributed by atoms with Crippen LogP contribution in [0, 0.1) is 12.7 Å². The number of allylic oxidation sites excluding steroid dienone is 2. The Morgan fingerprint density at radius 1 is 1.34 bits per heavy atom. The van der Waals surface area contributed by atoms with E-state index in [-0.39, 0.29) is 17.8 Å². The number of halogens is 1. The molecule has 0 radical (unpaired) electrons. The molecule has 0 aliphatic heterocycles. The highest BCUT2D eigenvalue weighted by Gasteiger charge is 2.17. The summed E-state index contributed by atoms with van der Waals surface area (Å²) in [6.45, 7) is 10.4. The molecular weight excluding hydrogens is 383 g/mol. The molecule has 0 aromatic heterocycles. The minimum atomic E-state index is -0.161. The lowest BCUT2D eigenvalue weighted by molar-refractivity contribution is -0.124. The molecule has 29 heavy (non-hydrogen) atoms. The van der Waals surface area contributed by atoms with E-state index in [0.29, 0.717) is 12.1 Å². The van der Waals surface area contributed by atoms with Crippen LogP contribution in [-0.2, 0) is 4.79 Å². The van der Waals surface area contributed by atoms with Gasteiger partial charge in [-0.15, -0.1) is 0 Å². The Hall–Kier alpha value is -1.85. The third-order valence-corrected chi connectivity index (χ3v) is 6.24. The van der Waals surface area contributed by atoms with Crippen molar-refractivity contribution in [2.24, 2.45) is 0 Å². The van der Waals surface area contributed by atoms with E-state index in [4.69, 9.17) is 0 Å². The van der Waals surface area contributed by atoms with Gasteiger partial charge in [0.1, 0.15) is 5.82 Å². The van der Waals surface area contributed by atoms with Gasteiger partial charge in [0.25, 0.3) is 5.91 Å². The molecule has 0 fully saturated rings. The van der Waals surface area contributed by atoms with Crippen molar-refractivity contribution >= 4 is 17.9 Å². The van der Waals surface area contributed by atoms with E-state index >= 15 is 0 Å². The van der Waals surface area contributed by atoms with Gasteiger partial charge < -0.3 is 4.90 Å². The highest BCUT2D eigenvalue weighted by atomic mass is 32.2. The number of nitrogens with one attached hydrogen (secondary N) is 1. The van der Waals surface area contributed by atoms with Crippen LogP contribution >= 0.6 is 11.9 Å². The van der Waals surface area contributed by atoms with Gasteiger partial charge in [0, 0.05) is 23.9 Å². The normalized spacial score (nSPS) is 14.8. The summed E-state index contributed by atoms with van der Waals surface area (Å²) in [6.07, 6.45) is 10.7. The molecule has 0 heterocycles. The number of carbonyl (C=O) groups is 1. The number of rotatable bonds is 11. The molecule has 1 aromatic carbocycles. The van der Waals surface area contributed by atoms with Gasteiger partial charge in [-0.3, -0.25) is 9.52 Å². The smallest absolute Gasteiger partial charge is 0.257 e. The highest BCUT2D eigenvalue weighted by molar-refractivity contribution is 7.97. The quantitative estimate of drug-likeness (QED) is 0.342. The molecule has 3 nitrogen and oxygen atoms in total. The highest BCUT2D eigenvalue weighted by Crippen LogP contribution is 2.21. The largest absolute Gasteiger partial charge is 0.316 e. The van der Waals surface area contributed by atoms with Crippen LogP contribution in [0.5, 0.6) is 0 Å². The summed E-state index contributed by atoms with van der Waals surface area (Å²) in [5.74, 6) is 0.902. The van der Waals surface area contributed by atoms with Gasteiger partial charge in [-0.2, -0.15) is 0 Å². The Kier molecular flexibility index (Phi) is 9.68. The molecule has 5 heteroatoms. The average molecular weight is 417 g/mol.